The number of thiazole rings is 1. The van der Waals surface area contributed by atoms with Gasteiger partial charge in [0.1, 0.15) is 16.4 Å². The lowest BCUT2D eigenvalue weighted by Crippen LogP contribution is -2.12. The summed E-state index contributed by atoms with van der Waals surface area (Å²) >= 11 is 1.39. The van der Waals surface area contributed by atoms with Gasteiger partial charge in [-0.2, -0.15) is 10.2 Å². The van der Waals surface area contributed by atoms with Crippen LogP contribution >= 0.6 is 11.3 Å². The van der Waals surface area contributed by atoms with Crippen molar-refractivity contribution < 1.29 is 19.4 Å². The molecule has 32 heavy (non-hydrogen) atoms. The molecule has 4 aromatic heterocycles. The Morgan fingerprint density at radius 3 is 2.97 bits per heavy atom. The zero-order valence-corrected chi connectivity index (χ0v) is 17.5. The largest absolute Gasteiger partial charge is 0.483 e. The van der Waals surface area contributed by atoms with E-state index in [1.54, 1.807) is 24.0 Å². The molecule has 1 amide bonds. The van der Waals surface area contributed by atoms with E-state index in [4.69, 9.17) is 14.6 Å². The molecule has 1 atom stereocenters. The number of anilines is 1. The number of ether oxygens (including phenoxy) is 1. The molecule has 164 valence electrons. The summed E-state index contributed by atoms with van der Waals surface area (Å²) in [6.45, 7) is 1.07. The number of hydrogen-bond acceptors (Lipinski definition) is 8. The van der Waals surface area contributed by atoms with Gasteiger partial charge in [0.25, 0.3) is 12.4 Å². The smallest absolute Gasteiger partial charge is 0.290 e. The highest BCUT2D eigenvalue weighted by Gasteiger charge is 2.23. The van der Waals surface area contributed by atoms with E-state index < -0.39 is 0 Å². The molecule has 0 radical (unpaired) electrons. The molecule has 3 N–H and O–H groups in total. The van der Waals surface area contributed by atoms with Crippen LogP contribution in [0.4, 0.5) is 5.69 Å². The summed E-state index contributed by atoms with van der Waals surface area (Å²) in [5, 5.41) is 23.6. The minimum Gasteiger partial charge on any atom is -0.483 e. The van der Waals surface area contributed by atoms with E-state index in [1.165, 1.54) is 11.3 Å². The normalized spacial score (nSPS) is 15.1. The number of nitrogens with zero attached hydrogens (tertiary/aromatic N) is 5. The van der Waals surface area contributed by atoms with Crippen molar-refractivity contribution in [3.05, 3.63) is 54.1 Å². The molecule has 0 spiro atoms. The van der Waals surface area contributed by atoms with E-state index in [2.05, 4.69) is 30.6 Å². The van der Waals surface area contributed by atoms with Crippen LogP contribution < -0.4 is 5.32 Å². The first kappa shape index (κ1) is 21.3. The van der Waals surface area contributed by atoms with Crippen molar-refractivity contribution in [2.45, 2.75) is 12.5 Å². The molecule has 5 heterocycles. The fraction of sp³-hybridized carbons (Fsp3) is 0.200. The Morgan fingerprint density at radius 1 is 1.41 bits per heavy atom. The molecule has 1 aliphatic rings. The number of carbonyl (C=O) groups excluding carboxylic acids is 1. The van der Waals surface area contributed by atoms with Gasteiger partial charge in [-0.1, -0.05) is 6.07 Å². The highest BCUT2D eigenvalue weighted by molar-refractivity contribution is 7.13. The Kier molecular flexibility index (Phi) is 6.63. The number of hydrogen-bond donors (Lipinski definition) is 3. The third kappa shape index (κ3) is 4.71. The van der Waals surface area contributed by atoms with Crippen LogP contribution in [0.3, 0.4) is 0 Å². The lowest BCUT2D eigenvalue weighted by atomic mass is 10.2. The quantitative estimate of drug-likeness (QED) is 0.391. The lowest BCUT2D eigenvalue weighted by molar-refractivity contribution is -0.122. The zero-order valence-electron chi connectivity index (χ0n) is 16.7. The standard InChI is InChI=1S/C19H17N7O2S.CH2O2/c27-18(16-11-29-19(24-16)12-7-21-22-8-12)23-15-9-26(13-4-6-28-10-13)25-17(15)14-3-1-2-5-20-14;2-1-3/h1-3,5,7-9,11,13H,4,6,10H2,(H,21,22)(H,23,27);1H,(H,2,3). The van der Waals surface area contributed by atoms with E-state index in [0.717, 1.165) is 17.0 Å². The molecule has 12 heteroatoms. The van der Waals surface area contributed by atoms with Crippen molar-refractivity contribution in [3.8, 4) is 22.0 Å². The minimum atomic E-state index is -0.296. The molecule has 4 aromatic rings. The van der Waals surface area contributed by atoms with Gasteiger partial charge in [-0.15, -0.1) is 11.3 Å². The van der Waals surface area contributed by atoms with Crippen LogP contribution in [-0.2, 0) is 9.53 Å². The second-order valence-corrected chi connectivity index (χ2v) is 7.55. The number of rotatable bonds is 5. The molecule has 0 bridgehead atoms. The predicted octanol–water partition coefficient (Wildman–Crippen LogP) is 2.71. The highest BCUT2D eigenvalue weighted by Crippen LogP contribution is 2.29. The Morgan fingerprint density at radius 2 is 2.28 bits per heavy atom. The number of carboxylic acid groups (broad SMARTS) is 1. The Labute approximate surface area is 186 Å². The number of aromatic nitrogens is 6. The second kappa shape index (κ2) is 9.94. The van der Waals surface area contributed by atoms with Crippen molar-refractivity contribution in [2.75, 3.05) is 18.5 Å². The third-order valence-electron chi connectivity index (χ3n) is 4.65. The Bertz CT molecular complexity index is 1170. The van der Waals surface area contributed by atoms with Gasteiger partial charge >= 0.3 is 0 Å². The monoisotopic (exact) mass is 453 g/mol. The molecule has 11 nitrogen and oxygen atoms in total. The molecule has 1 unspecified atom stereocenters. The molecule has 1 saturated heterocycles. The fourth-order valence-electron chi connectivity index (χ4n) is 3.16. The van der Waals surface area contributed by atoms with Crippen LogP contribution in [0, 0.1) is 0 Å². The number of H-pyrrole nitrogens is 1. The number of nitrogens with one attached hydrogen (secondary N) is 2. The zero-order chi connectivity index (χ0) is 22.3. The maximum Gasteiger partial charge on any atom is 0.290 e. The van der Waals surface area contributed by atoms with Gasteiger partial charge < -0.3 is 15.2 Å². The third-order valence-corrected chi connectivity index (χ3v) is 5.54. The summed E-state index contributed by atoms with van der Waals surface area (Å²) in [6.07, 6.45) is 7.85. The van der Waals surface area contributed by atoms with Crippen LogP contribution in [0.25, 0.3) is 22.0 Å². The van der Waals surface area contributed by atoms with Gasteiger partial charge in [0.05, 0.1) is 30.2 Å². The number of carbonyl (C=O) groups is 2. The first-order valence-electron chi connectivity index (χ1n) is 9.61. The SMILES string of the molecule is O=C(Nc1cn(C2CCOC2)nc1-c1ccccn1)c1csc(-c2cn[nH]c2)n1.O=CO. The Hall–Kier alpha value is -3.90. The summed E-state index contributed by atoms with van der Waals surface area (Å²) in [5.41, 5.74) is 3.10. The van der Waals surface area contributed by atoms with Crippen LogP contribution in [0.5, 0.6) is 0 Å². The fourth-order valence-corrected chi connectivity index (χ4v) is 3.94. The van der Waals surface area contributed by atoms with E-state index in [1.807, 2.05) is 29.1 Å². The van der Waals surface area contributed by atoms with E-state index in [9.17, 15) is 4.79 Å². The van der Waals surface area contributed by atoms with Crippen LogP contribution in [0.15, 0.2) is 48.4 Å². The average Bonchev–Trinajstić information content (AvgIpc) is 3.62. The average molecular weight is 453 g/mol. The molecule has 0 saturated carbocycles. The summed E-state index contributed by atoms with van der Waals surface area (Å²) < 4.78 is 7.33. The molecular weight excluding hydrogens is 434 g/mol. The molecule has 0 aromatic carbocycles. The van der Waals surface area contributed by atoms with Crippen molar-refractivity contribution >= 4 is 29.4 Å². The van der Waals surface area contributed by atoms with Crippen molar-refractivity contribution in [3.63, 3.8) is 0 Å². The molecule has 1 aliphatic heterocycles. The highest BCUT2D eigenvalue weighted by atomic mass is 32.1. The predicted molar refractivity (Wildman–Crippen MR) is 116 cm³/mol. The van der Waals surface area contributed by atoms with Crippen LogP contribution in [0.1, 0.15) is 23.0 Å². The first-order valence-corrected chi connectivity index (χ1v) is 10.5. The molecular formula is C20H19N7O4S. The van der Waals surface area contributed by atoms with Gasteiger partial charge in [0, 0.05) is 36.1 Å². The van der Waals surface area contributed by atoms with Crippen LogP contribution in [0.2, 0.25) is 0 Å². The maximum absolute atomic E-state index is 12.8. The van der Waals surface area contributed by atoms with Gasteiger partial charge in [-0.25, -0.2) is 4.98 Å². The topological polar surface area (TPSA) is 148 Å². The Balaban J connectivity index is 0.000000775. The number of pyridine rings is 1. The van der Waals surface area contributed by atoms with Gasteiger partial charge in [0.2, 0.25) is 0 Å². The van der Waals surface area contributed by atoms with Gasteiger partial charge in [0.15, 0.2) is 0 Å². The summed E-state index contributed by atoms with van der Waals surface area (Å²) in [6, 6.07) is 5.75. The van der Waals surface area contributed by atoms with Crippen molar-refractivity contribution in [1.29, 1.82) is 0 Å². The van der Waals surface area contributed by atoms with Crippen LogP contribution in [-0.4, -0.2) is 60.6 Å². The van der Waals surface area contributed by atoms with E-state index in [0.29, 0.717) is 36.0 Å². The maximum atomic E-state index is 12.8. The molecule has 5 rings (SSSR count). The van der Waals surface area contributed by atoms with Crippen molar-refractivity contribution in [1.82, 2.24) is 29.9 Å². The molecule has 0 aliphatic carbocycles. The number of amides is 1. The minimum absolute atomic E-state index is 0.148. The molecule has 1 fully saturated rings. The number of aromatic amines is 1. The van der Waals surface area contributed by atoms with Gasteiger partial charge in [-0.3, -0.25) is 24.4 Å². The second-order valence-electron chi connectivity index (χ2n) is 6.69. The summed E-state index contributed by atoms with van der Waals surface area (Å²) in [4.78, 5) is 30.0. The summed E-state index contributed by atoms with van der Waals surface area (Å²) in [5.74, 6) is -0.296. The van der Waals surface area contributed by atoms with E-state index >= 15 is 0 Å². The summed E-state index contributed by atoms with van der Waals surface area (Å²) in [7, 11) is 0. The van der Waals surface area contributed by atoms with Crippen molar-refractivity contribution in [2.24, 2.45) is 0 Å². The van der Waals surface area contributed by atoms with Gasteiger partial charge in [-0.05, 0) is 18.6 Å². The lowest BCUT2D eigenvalue weighted by Gasteiger charge is -2.06. The first-order chi connectivity index (χ1) is 15.7. The van der Waals surface area contributed by atoms with E-state index in [-0.39, 0.29) is 18.4 Å².